The van der Waals surface area contributed by atoms with E-state index in [1.165, 1.54) is 11.3 Å². The molecule has 0 saturated carbocycles. The summed E-state index contributed by atoms with van der Waals surface area (Å²) in [5.74, 6) is 0.431. The van der Waals surface area contributed by atoms with Crippen LogP contribution in [-0.2, 0) is 4.79 Å². The molecule has 24 heavy (non-hydrogen) atoms. The summed E-state index contributed by atoms with van der Waals surface area (Å²) >= 11 is 0. The summed E-state index contributed by atoms with van der Waals surface area (Å²) < 4.78 is 0. The maximum atomic E-state index is 11.7. The number of nitrogens with one attached hydrogen (secondary N) is 2. The molecule has 2 heterocycles. The van der Waals surface area contributed by atoms with Crippen molar-refractivity contribution in [2.45, 2.75) is 19.8 Å². The highest BCUT2D eigenvalue weighted by Crippen LogP contribution is 2.17. The van der Waals surface area contributed by atoms with Crippen LogP contribution in [0.1, 0.15) is 18.4 Å². The number of aryl methyl sites for hydroxylation is 1. The van der Waals surface area contributed by atoms with E-state index in [2.05, 4.69) is 51.6 Å². The Morgan fingerprint density at radius 3 is 2.67 bits per heavy atom. The molecular weight excluding hydrogens is 300 g/mol. The Kier molecular flexibility index (Phi) is 6.10. The van der Waals surface area contributed by atoms with Crippen LogP contribution in [0.2, 0.25) is 0 Å². The zero-order chi connectivity index (χ0) is 16.8. The number of hydrogen-bond donors (Lipinski definition) is 2. The maximum absolute atomic E-state index is 11.7. The van der Waals surface area contributed by atoms with Crippen LogP contribution in [0.3, 0.4) is 0 Å². The van der Waals surface area contributed by atoms with Gasteiger partial charge in [-0.15, -0.1) is 0 Å². The Balaban J connectivity index is 1.28. The quantitative estimate of drug-likeness (QED) is 0.739. The van der Waals surface area contributed by atoms with Crippen LogP contribution in [0.4, 0.5) is 5.69 Å². The summed E-state index contributed by atoms with van der Waals surface area (Å²) in [6, 6.07) is 8.78. The van der Waals surface area contributed by atoms with Gasteiger partial charge in [0.2, 0.25) is 5.91 Å². The molecule has 1 aromatic carbocycles. The molecular formula is C19H30N4O. The van der Waals surface area contributed by atoms with Gasteiger partial charge in [0.1, 0.15) is 0 Å². The van der Waals surface area contributed by atoms with Crippen LogP contribution in [0.15, 0.2) is 24.3 Å². The Morgan fingerprint density at radius 2 is 2.00 bits per heavy atom. The summed E-state index contributed by atoms with van der Waals surface area (Å²) in [7, 11) is 0. The number of amides is 1. The summed E-state index contributed by atoms with van der Waals surface area (Å²) in [4.78, 5) is 16.7. The lowest BCUT2D eigenvalue weighted by molar-refractivity contribution is -0.126. The first kappa shape index (κ1) is 17.2. The van der Waals surface area contributed by atoms with E-state index in [1.807, 2.05) is 0 Å². The van der Waals surface area contributed by atoms with E-state index in [9.17, 15) is 4.79 Å². The van der Waals surface area contributed by atoms with E-state index in [1.54, 1.807) is 0 Å². The number of carbonyl (C=O) groups excluding carboxylic acids is 1. The predicted molar refractivity (Wildman–Crippen MR) is 98.4 cm³/mol. The van der Waals surface area contributed by atoms with Crippen molar-refractivity contribution in [3.63, 3.8) is 0 Å². The second kappa shape index (κ2) is 8.49. The Labute approximate surface area is 145 Å². The lowest BCUT2D eigenvalue weighted by atomic mass is 10.0. The topological polar surface area (TPSA) is 47.6 Å². The number of rotatable bonds is 7. The number of nitrogens with zero attached hydrogens (tertiary/aromatic N) is 2. The molecule has 5 heteroatoms. The molecule has 2 saturated heterocycles. The van der Waals surface area contributed by atoms with Gasteiger partial charge in [0, 0.05) is 51.5 Å². The van der Waals surface area contributed by atoms with E-state index in [0.29, 0.717) is 0 Å². The average Bonchev–Trinajstić information content (AvgIpc) is 2.53. The minimum Gasteiger partial charge on any atom is -0.369 e. The largest absolute Gasteiger partial charge is 0.369 e. The average molecular weight is 330 g/mol. The Hall–Kier alpha value is -1.59. The van der Waals surface area contributed by atoms with Crippen LogP contribution >= 0.6 is 0 Å². The molecule has 132 valence electrons. The normalized spacial score (nSPS) is 19.1. The highest BCUT2D eigenvalue weighted by Gasteiger charge is 2.24. The number of benzene rings is 1. The second-order valence-corrected chi connectivity index (χ2v) is 7.02. The van der Waals surface area contributed by atoms with Crippen LogP contribution in [0.25, 0.3) is 0 Å². The Bertz CT molecular complexity index is 536. The molecule has 1 aromatic rings. The summed E-state index contributed by atoms with van der Waals surface area (Å²) in [6.45, 7) is 10.3. The first-order chi connectivity index (χ1) is 11.7. The van der Waals surface area contributed by atoms with Gasteiger partial charge in [-0.05, 0) is 44.0 Å². The summed E-state index contributed by atoms with van der Waals surface area (Å²) in [5.41, 5.74) is 2.68. The van der Waals surface area contributed by atoms with Crippen molar-refractivity contribution < 1.29 is 4.79 Å². The molecule has 0 atom stereocenters. The fourth-order valence-corrected chi connectivity index (χ4v) is 3.34. The first-order valence-corrected chi connectivity index (χ1v) is 9.25. The van der Waals surface area contributed by atoms with Gasteiger partial charge in [0.05, 0.1) is 5.92 Å². The third-order valence-electron chi connectivity index (χ3n) is 5.09. The standard InChI is InChI=1S/C19H30N4O/c1-16-5-4-6-18(13-16)23-11-9-22(10-12-23)8-3-2-7-21-19(24)17-14-20-15-17/h4-6,13,17,20H,2-3,7-12,14-15H2,1H3,(H,21,24). The molecule has 2 fully saturated rings. The van der Waals surface area contributed by atoms with Gasteiger partial charge in [-0.1, -0.05) is 12.1 Å². The fourth-order valence-electron chi connectivity index (χ4n) is 3.34. The molecule has 0 unspecified atom stereocenters. The number of anilines is 1. The van der Waals surface area contributed by atoms with Gasteiger partial charge in [-0.25, -0.2) is 0 Å². The molecule has 2 aliphatic heterocycles. The highest BCUT2D eigenvalue weighted by molar-refractivity contribution is 5.79. The van der Waals surface area contributed by atoms with Gasteiger partial charge < -0.3 is 15.5 Å². The molecule has 3 rings (SSSR count). The van der Waals surface area contributed by atoms with Gasteiger partial charge in [-0.2, -0.15) is 0 Å². The van der Waals surface area contributed by atoms with E-state index in [0.717, 1.165) is 65.2 Å². The Morgan fingerprint density at radius 1 is 1.21 bits per heavy atom. The number of piperazine rings is 1. The van der Waals surface area contributed by atoms with Gasteiger partial charge in [-0.3, -0.25) is 9.69 Å². The molecule has 5 nitrogen and oxygen atoms in total. The van der Waals surface area contributed by atoms with Crippen molar-refractivity contribution in [3.8, 4) is 0 Å². The third-order valence-corrected chi connectivity index (χ3v) is 5.09. The highest BCUT2D eigenvalue weighted by atomic mass is 16.2. The molecule has 0 radical (unpaired) electrons. The van der Waals surface area contributed by atoms with Gasteiger partial charge in [0.15, 0.2) is 0 Å². The molecule has 2 aliphatic rings. The van der Waals surface area contributed by atoms with Gasteiger partial charge in [0.25, 0.3) is 0 Å². The van der Waals surface area contributed by atoms with Crippen molar-refractivity contribution in [3.05, 3.63) is 29.8 Å². The summed E-state index contributed by atoms with van der Waals surface area (Å²) in [5, 5.41) is 6.18. The van der Waals surface area contributed by atoms with E-state index < -0.39 is 0 Å². The smallest absolute Gasteiger partial charge is 0.225 e. The van der Waals surface area contributed by atoms with Crippen molar-refractivity contribution in [2.24, 2.45) is 5.92 Å². The van der Waals surface area contributed by atoms with Crippen molar-refractivity contribution in [1.29, 1.82) is 0 Å². The third kappa shape index (κ3) is 4.71. The molecule has 0 aromatic heterocycles. The van der Waals surface area contributed by atoms with Crippen molar-refractivity contribution in [1.82, 2.24) is 15.5 Å². The monoisotopic (exact) mass is 330 g/mol. The van der Waals surface area contributed by atoms with Crippen LogP contribution in [0.5, 0.6) is 0 Å². The first-order valence-electron chi connectivity index (χ1n) is 9.25. The molecule has 0 aliphatic carbocycles. The minimum absolute atomic E-state index is 0.208. The van der Waals surface area contributed by atoms with Crippen molar-refractivity contribution in [2.75, 3.05) is 57.3 Å². The van der Waals surface area contributed by atoms with Gasteiger partial charge >= 0.3 is 0 Å². The molecule has 0 spiro atoms. The van der Waals surface area contributed by atoms with Crippen LogP contribution in [-0.4, -0.2) is 63.2 Å². The van der Waals surface area contributed by atoms with E-state index in [-0.39, 0.29) is 11.8 Å². The van der Waals surface area contributed by atoms with Crippen LogP contribution < -0.4 is 15.5 Å². The maximum Gasteiger partial charge on any atom is 0.225 e. The molecule has 2 N–H and O–H groups in total. The van der Waals surface area contributed by atoms with Crippen LogP contribution in [0, 0.1) is 12.8 Å². The molecule has 1 amide bonds. The number of carbonyl (C=O) groups is 1. The molecule has 0 bridgehead atoms. The zero-order valence-corrected chi connectivity index (χ0v) is 14.8. The lowest BCUT2D eigenvalue weighted by Crippen LogP contribution is -2.51. The predicted octanol–water partition coefficient (Wildman–Crippen LogP) is 1.23. The fraction of sp³-hybridized carbons (Fsp3) is 0.632. The minimum atomic E-state index is 0.208. The lowest BCUT2D eigenvalue weighted by Gasteiger charge is -2.36. The number of unbranched alkanes of at least 4 members (excludes halogenated alkanes) is 1. The summed E-state index contributed by atoms with van der Waals surface area (Å²) in [6.07, 6.45) is 2.23. The SMILES string of the molecule is Cc1cccc(N2CCN(CCCCNC(=O)C3CNC3)CC2)c1. The zero-order valence-electron chi connectivity index (χ0n) is 14.8. The number of hydrogen-bond acceptors (Lipinski definition) is 4. The van der Waals surface area contributed by atoms with Crippen molar-refractivity contribution >= 4 is 11.6 Å². The van der Waals surface area contributed by atoms with E-state index >= 15 is 0 Å². The second-order valence-electron chi connectivity index (χ2n) is 7.02. The van der Waals surface area contributed by atoms with E-state index in [4.69, 9.17) is 0 Å².